The monoisotopic (exact) mass is 482 g/mol. The van der Waals surface area contributed by atoms with Crippen LogP contribution in [0.1, 0.15) is 37.9 Å². The molecule has 2 aromatic carbocycles. The number of sulfonamides is 1. The van der Waals surface area contributed by atoms with Gasteiger partial charge in [-0.05, 0) is 61.2 Å². The van der Waals surface area contributed by atoms with Gasteiger partial charge >= 0.3 is 0 Å². The standard InChI is InChI=1S/C21H27BrN2O4S/c1-14(2)12-23-29(26,27)19-9-10-20(15(3)11-19)28-13-21(25)24-16(4)17-5-7-18(22)8-6-17/h5-11,14,16,23H,12-13H2,1-4H3,(H,24,25)/t16-/m0/s1. The number of halogens is 1. The Morgan fingerprint density at radius 2 is 1.76 bits per heavy atom. The summed E-state index contributed by atoms with van der Waals surface area (Å²) < 4.78 is 33.8. The van der Waals surface area contributed by atoms with E-state index in [1.54, 1.807) is 19.1 Å². The van der Waals surface area contributed by atoms with E-state index in [2.05, 4.69) is 26.0 Å². The van der Waals surface area contributed by atoms with Crippen molar-refractivity contribution in [1.29, 1.82) is 0 Å². The van der Waals surface area contributed by atoms with Crippen LogP contribution in [-0.4, -0.2) is 27.5 Å². The molecule has 0 aliphatic rings. The summed E-state index contributed by atoms with van der Waals surface area (Å²) in [7, 11) is -3.56. The first-order valence-corrected chi connectivity index (χ1v) is 11.6. The van der Waals surface area contributed by atoms with Crippen molar-refractivity contribution in [3.05, 3.63) is 58.1 Å². The van der Waals surface area contributed by atoms with Crippen molar-refractivity contribution in [3.63, 3.8) is 0 Å². The average Bonchev–Trinajstić information content (AvgIpc) is 2.66. The molecule has 0 unspecified atom stereocenters. The van der Waals surface area contributed by atoms with Gasteiger partial charge in [0.2, 0.25) is 10.0 Å². The van der Waals surface area contributed by atoms with Crippen molar-refractivity contribution < 1.29 is 17.9 Å². The summed E-state index contributed by atoms with van der Waals surface area (Å²) in [6, 6.07) is 12.2. The summed E-state index contributed by atoms with van der Waals surface area (Å²) in [5, 5.41) is 2.88. The molecule has 158 valence electrons. The summed E-state index contributed by atoms with van der Waals surface area (Å²) in [6.07, 6.45) is 0. The highest BCUT2D eigenvalue weighted by molar-refractivity contribution is 9.10. The first-order chi connectivity index (χ1) is 13.6. The lowest BCUT2D eigenvalue weighted by Gasteiger charge is -2.16. The third kappa shape index (κ3) is 7.13. The van der Waals surface area contributed by atoms with Crippen molar-refractivity contribution in [3.8, 4) is 5.75 Å². The van der Waals surface area contributed by atoms with E-state index in [1.165, 1.54) is 6.07 Å². The quantitative estimate of drug-likeness (QED) is 0.566. The minimum Gasteiger partial charge on any atom is -0.484 e. The second-order valence-corrected chi connectivity index (χ2v) is 9.99. The zero-order valence-electron chi connectivity index (χ0n) is 17.0. The lowest BCUT2D eigenvalue weighted by molar-refractivity contribution is -0.123. The Hall–Kier alpha value is -1.90. The molecule has 0 saturated carbocycles. The number of hydrogen-bond acceptors (Lipinski definition) is 4. The molecule has 2 N–H and O–H groups in total. The summed E-state index contributed by atoms with van der Waals surface area (Å²) >= 11 is 3.39. The molecule has 0 aliphatic carbocycles. The maximum atomic E-state index is 12.3. The maximum Gasteiger partial charge on any atom is 0.258 e. The van der Waals surface area contributed by atoms with Crippen LogP contribution in [0.2, 0.25) is 0 Å². The fourth-order valence-electron chi connectivity index (χ4n) is 2.57. The highest BCUT2D eigenvalue weighted by atomic mass is 79.9. The molecule has 0 spiro atoms. The van der Waals surface area contributed by atoms with Crippen LogP contribution in [0.15, 0.2) is 51.8 Å². The molecule has 1 amide bonds. The zero-order valence-corrected chi connectivity index (χ0v) is 19.4. The molecule has 0 saturated heterocycles. The summed E-state index contributed by atoms with van der Waals surface area (Å²) in [6.45, 7) is 7.74. The first-order valence-electron chi connectivity index (χ1n) is 9.36. The van der Waals surface area contributed by atoms with Crippen LogP contribution in [0.25, 0.3) is 0 Å². The number of carbonyl (C=O) groups is 1. The molecule has 0 aliphatic heterocycles. The van der Waals surface area contributed by atoms with Gasteiger partial charge in [0, 0.05) is 11.0 Å². The van der Waals surface area contributed by atoms with Gasteiger partial charge in [0.25, 0.3) is 5.91 Å². The van der Waals surface area contributed by atoms with Crippen molar-refractivity contribution in [2.45, 2.75) is 38.6 Å². The molecule has 1 atom stereocenters. The van der Waals surface area contributed by atoms with Crippen LogP contribution in [-0.2, 0) is 14.8 Å². The molecular weight excluding hydrogens is 456 g/mol. The van der Waals surface area contributed by atoms with Gasteiger partial charge in [0.05, 0.1) is 10.9 Å². The molecule has 0 fully saturated rings. The van der Waals surface area contributed by atoms with Crippen LogP contribution in [0.3, 0.4) is 0 Å². The zero-order chi connectivity index (χ0) is 21.6. The Morgan fingerprint density at radius 1 is 1.10 bits per heavy atom. The average molecular weight is 483 g/mol. The van der Waals surface area contributed by atoms with Gasteiger partial charge in [-0.2, -0.15) is 0 Å². The largest absolute Gasteiger partial charge is 0.484 e. The Balaban J connectivity index is 1.95. The van der Waals surface area contributed by atoms with Crippen molar-refractivity contribution in [1.82, 2.24) is 10.0 Å². The molecule has 29 heavy (non-hydrogen) atoms. The number of amides is 1. The van der Waals surface area contributed by atoms with E-state index in [1.807, 2.05) is 45.0 Å². The van der Waals surface area contributed by atoms with Gasteiger partial charge in [-0.25, -0.2) is 13.1 Å². The first kappa shape index (κ1) is 23.4. The minimum absolute atomic E-state index is 0.153. The van der Waals surface area contributed by atoms with Crippen LogP contribution < -0.4 is 14.8 Å². The number of carbonyl (C=O) groups excluding carboxylic acids is 1. The van der Waals surface area contributed by atoms with Gasteiger partial charge in [-0.3, -0.25) is 4.79 Å². The van der Waals surface area contributed by atoms with Gasteiger partial charge in [0.1, 0.15) is 5.75 Å². The van der Waals surface area contributed by atoms with Gasteiger partial charge in [0.15, 0.2) is 6.61 Å². The van der Waals surface area contributed by atoms with E-state index in [0.717, 1.165) is 10.0 Å². The van der Waals surface area contributed by atoms with E-state index < -0.39 is 10.0 Å². The number of rotatable bonds is 9. The second-order valence-electron chi connectivity index (χ2n) is 7.30. The van der Waals surface area contributed by atoms with Gasteiger partial charge in [-0.15, -0.1) is 0 Å². The normalized spacial score (nSPS) is 12.6. The Morgan fingerprint density at radius 3 is 2.34 bits per heavy atom. The maximum absolute atomic E-state index is 12.3. The summed E-state index contributed by atoms with van der Waals surface area (Å²) in [4.78, 5) is 12.4. The Kier molecular flexibility index (Phi) is 8.24. The fraction of sp³-hybridized carbons (Fsp3) is 0.381. The van der Waals surface area contributed by atoms with E-state index >= 15 is 0 Å². The van der Waals surface area contributed by atoms with E-state index in [0.29, 0.717) is 17.9 Å². The molecule has 0 aromatic heterocycles. The number of nitrogens with one attached hydrogen (secondary N) is 2. The number of hydrogen-bond donors (Lipinski definition) is 2. The fourth-order valence-corrected chi connectivity index (χ4v) is 4.13. The van der Waals surface area contributed by atoms with E-state index in [-0.39, 0.29) is 29.4 Å². The van der Waals surface area contributed by atoms with Gasteiger partial charge in [-0.1, -0.05) is 41.9 Å². The lowest BCUT2D eigenvalue weighted by Crippen LogP contribution is -2.31. The molecular formula is C21H27BrN2O4S. The third-order valence-corrected chi connectivity index (χ3v) is 6.19. The minimum atomic E-state index is -3.56. The topological polar surface area (TPSA) is 84.5 Å². The Bertz CT molecular complexity index is 944. The molecule has 6 nitrogen and oxygen atoms in total. The van der Waals surface area contributed by atoms with Crippen molar-refractivity contribution >= 4 is 31.9 Å². The van der Waals surface area contributed by atoms with Crippen molar-refractivity contribution in [2.24, 2.45) is 5.92 Å². The molecule has 0 heterocycles. The van der Waals surface area contributed by atoms with Gasteiger partial charge < -0.3 is 10.1 Å². The van der Waals surface area contributed by atoms with E-state index in [9.17, 15) is 13.2 Å². The number of aryl methyl sites for hydroxylation is 1. The molecule has 0 radical (unpaired) electrons. The predicted molar refractivity (Wildman–Crippen MR) is 117 cm³/mol. The Labute approximate surface area is 181 Å². The highest BCUT2D eigenvalue weighted by Crippen LogP contribution is 2.22. The molecule has 2 aromatic rings. The lowest BCUT2D eigenvalue weighted by atomic mass is 10.1. The van der Waals surface area contributed by atoms with Crippen LogP contribution >= 0.6 is 15.9 Å². The molecule has 0 bridgehead atoms. The summed E-state index contributed by atoms with van der Waals surface area (Å²) in [5.41, 5.74) is 1.63. The van der Waals surface area contributed by atoms with Crippen LogP contribution in [0.4, 0.5) is 0 Å². The smallest absolute Gasteiger partial charge is 0.258 e. The summed E-state index contributed by atoms with van der Waals surface area (Å²) in [5.74, 6) is 0.432. The SMILES string of the molecule is Cc1cc(S(=O)(=O)NCC(C)C)ccc1OCC(=O)N[C@@H](C)c1ccc(Br)cc1. The second kappa shape index (κ2) is 10.2. The predicted octanol–water partition coefficient (Wildman–Crippen LogP) is 3.95. The van der Waals surface area contributed by atoms with Crippen LogP contribution in [0.5, 0.6) is 5.75 Å². The highest BCUT2D eigenvalue weighted by Gasteiger charge is 2.16. The molecule has 2 rings (SSSR count). The third-order valence-electron chi connectivity index (χ3n) is 4.24. The molecule has 8 heteroatoms. The van der Waals surface area contributed by atoms with Crippen molar-refractivity contribution in [2.75, 3.05) is 13.2 Å². The number of ether oxygens (including phenoxy) is 1. The van der Waals surface area contributed by atoms with E-state index in [4.69, 9.17) is 4.74 Å². The number of benzene rings is 2. The van der Waals surface area contributed by atoms with Crippen LogP contribution in [0, 0.1) is 12.8 Å².